The highest BCUT2D eigenvalue weighted by molar-refractivity contribution is 5.33. The molecule has 0 aromatic heterocycles. The fraction of sp³-hybridized carbons (Fsp3) is 0.143. The van der Waals surface area contributed by atoms with Crippen LogP contribution in [0.1, 0.15) is 11.1 Å². The molecule has 3 heteroatoms. The molecule has 0 aliphatic heterocycles. The molecule has 0 heterocycles. The summed E-state index contributed by atoms with van der Waals surface area (Å²) in [6.07, 6.45) is 0. The fourth-order valence-corrected chi connectivity index (χ4v) is 1.48. The van der Waals surface area contributed by atoms with Gasteiger partial charge in [-0.2, -0.15) is 0 Å². The van der Waals surface area contributed by atoms with E-state index in [1.807, 2.05) is 6.92 Å². The van der Waals surface area contributed by atoms with Crippen molar-refractivity contribution in [3.8, 4) is 11.5 Å². The first-order chi connectivity index (χ1) is 8.15. The Balaban J connectivity index is 2.07. The van der Waals surface area contributed by atoms with Gasteiger partial charge < -0.3 is 9.84 Å². The fourth-order valence-electron chi connectivity index (χ4n) is 1.48. The zero-order chi connectivity index (χ0) is 12.3. The maximum atomic E-state index is 13.0. The van der Waals surface area contributed by atoms with Crippen LogP contribution in [0, 0.1) is 12.7 Å². The molecule has 0 unspecified atom stereocenters. The topological polar surface area (TPSA) is 29.5 Å². The number of hydrogen-bond acceptors (Lipinski definition) is 2. The summed E-state index contributed by atoms with van der Waals surface area (Å²) in [5, 5.41) is 9.13. The van der Waals surface area contributed by atoms with E-state index in [0.29, 0.717) is 12.4 Å². The number of phenols is 1. The van der Waals surface area contributed by atoms with E-state index >= 15 is 0 Å². The second-order valence-corrected chi connectivity index (χ2v) is 3.86. The normalized spacial score (nSPS) is 10.2. The van der Waals surface area contributed by atoms with E-state index in [0.717, 1.165) is 11.1 Å². The Hall–Kier alpha value is -2.03. The van der Waals surface area contributed by atoms with Gasteiger partial charge in [0.15, 0.2) is 0 Å². The number of hydrogen-bond donors (Lipinski definition) is 1. The van der Waals surface area contributed by atoms with Crippen LogP contribution in [0.2, 0.25) is 0 Å². The van der Waals surface area contributed by atoms with Crippen molar-refractivity contribution in [1.29, 1.82) is 0 Å². The average molecular weight is 232 g/mol. The lowest BCUT2D eigenvalue weighted by molar-refractivity contribution is 0.302. The van der Waals surface area contributed by atoms with Crippen molar-refractivity contribution < 1.29 is 14.2 Å². The van der Waals surface area contributed by atoms with E-state index in [1.165, 1.54) is 12.1 Å². The van der Waals surface area contributed by atoms with Crippen molar-refractivity contribution in [3.05, 3.63) is 59.4 Å². The molecular formula is C14H13FO2. The smallest absolute Gasteiger partial charge is 0.126 e. The van der Waals surface area contributed by atoms with Gasteiger partial charge >= 0.3 is 0 Å². The van der Waals surface area contributed by atoms with Gasteiger partial charge in [0, 0.05) is 6.07 Å². The van der Waals surface area contributed by atoms with Gasteiger partial charge in [-0.25, -0.2) is 4.39 Å². The van der Waals surface area contributed by atoms with Crippen molar-refractivity contribution in [1.82, 2.24) is 0 Å². The summed E-state index contributed by atoms with van der Waals surface area (Å²) < 4.78 is 18.5. The number of ether oxygens (including phenoxy) is 1. The first kappa shape index (κ1) is 11.5. The molecule has 0 spiro atoms. The Morgan fingerprint density at radius 3 is 2.53 bits per heavy atom. The van der Waals surface area contributed by atoms with E-state index in [4.69, 9.17) is 9.84 Å². The summed E-state index contributed by atoms with van der Waals surface area (Å²) in [7, 11) is 0. The molecule has 2 aromatic rings. The van der Waals surface area contributed by atoms with E-state index in [1.54, 1.807) is 30.3 Å². The molecule has 0 atom stereocenters. The maximum Gasteiger partial charge on any atom is 0.126 e. The van der Waals surface area contributed by atoms with Crippen LogP contribution in [0.25, 0.3) is 0 Å². The number of aryl methyl sites for hydroxylation is 1. The first-order valence-electron chi connectivity index (χ1n) is 5.32. The third-order valence-corrected chi connectivity index (χ3v) is 2.48. The molecule has 1 N–H and O–H groups in total. The molecule has 17 heavy (non-hydrogen) atoms. The van der Waals surface area contributed by atoms with E-state index < -0.39 is 0 Å². The number of benzene rings is 2. The molecule has 0 aliphatic carbocycles. The van der Waals surface area contributed by atoms with Crippen LogP contribution >= 0.6 is 0 Å². The summed E-state index contributed by atoms with van der Waals surface area (Å²) in [5.74, 6) is 0.449. The lowest BCUT2D eigenvalue weighted by Gasteiger charge is -2.09. The number of rotatable bonds is 3. The van der Waals surface area contributed by atoms with Crippen molar-refractivity contribution in [3.63, 3.8) is 0 Å². The van der Waals surface area contributed by atoms with Crippen LogP contribution in [-0.4, -0.2) is 5.11 Å². The first-order valence-corrected chi connectivity index (χ1v) is 5.32. The second-order valence-electron chi connectivity index (χ2n) is 3.86. The molecule has 88 valence electrons. The highest BCUT2D eigenvalue weighted by Crippen LogP contribution is 2.20. The number of aromatic hydroxyl groups is 1. The van der Waals surface area contributed by atoms with Gasteiger partial charge in [-0.3, -0.25) is 0 Å². The summed E-state index contributed by atoms with van der Waals surface area (Å²) in [6, 6.07) is 11.2. The molecule has 0 saturated carbocycles. The predicted molar refractivity (Wildman–Crippen MR) is 63.6 cm³/mol. The molecule has 2 nitrogen and oxygen atoms in total. The van der Waals surface area contributed by atoms with Crippen molar-refractivity contribution in [2.75, 3.05) is 0 Å². The molecule has 0 saturated heterocycles. The molecular weight excluding hydrogens is 219 g/mol. The Morgan fingerprint density at radius 1 is 1.12 bits per heavy atom. The largest absolute Gasteiger partial charge is 0.508 e. The zero-order valence-electron chi connectivity index (χ0n) is 9.48. The molecule has 0 bridgehead atoms. The van der Waals surface area contributed by atoms with E-state index in [9.17, 15) is 4.39 Å². The monoisotopic (exact) mass is 232 g/mol. The zero-order valence-corrected chi connectivity index (χ0v) is 9.48. The Morgan fingerprint density at radius 2 is 1.82 bits per heavy atom. The molecule has 0 radical (unpaired) electrons. The number of phenolic OH excluding ortho intramolecular Hbond substituents is 1. The summed E-state index contributed by atoms with van der Waals surface area (Å²) >= 11 is 0. The van der Waals surface area contributed by atoms with Crippen LogP contribution < -0.4 is 4.74 Å². The SMILES string of the molecule is Cc1ccc(F)cc1OCc1ccc(O)cc1. The minimum Gasteiger partial charge on any atom is -0.508 e. The summed E-state index contributed by atoms with van der Waals surface area (Å²) in [4.78, 5) is 0. The molecule has 0 fully saturated rings. The molecule has 2 rings (SSSR count). The van der Waals surface area contributed by atoms with E-state index in [2.05, 4.69) is 0 Å². The number of halogens is 1. The quantitative estimate of drug-likeness (QED) is 0.878. The maximum absolute atomic E-state index is 13.0. The lowest BCUT2D eigenvalue weighted by Crippen LogP contribution is -1.97. The Kier molecular flexibility index (Phi) is 3.28. The molecule has 0 amide bonds. The molecule has 0 aliphatic rings. The Labute approximate surface area is 99.3 Å². The van der Waals surface area contributed by atoms with Crippen molar-refractivity contribution in [2.24, 2.45) is 0 Å². The van der Waals surface area contributed by atoms with E-state index in [-0.39, 0.29) is 11.6 Å². The van der Waals surface area contributed by atoms with Crippen molar-refractivity contribution in [2.45, 2.75) is 13.5 Å². The minimum absolute atomic E-state index is 0.218. The third-order valence-electron chi connectivity index (χ3n) is 2.48. The van der Waals surface area contributed by atoms with Gasteiger partial charge in [0.25, 0.3) is 0 Å². The minimum atomic E-state index is -0.309. The van der Waals surface area contributed by atoms with Gasteiger partial charge in [0.2, 0.25) is 0 Å². The highest BCUT2D eigenvalue weighted by atomic mass is 19.1. The summed E-state index contributed by atoms with van der Waals surface area (Å²) in [6.45, 7) is 2.22. The van der Waals surface area contributed by atoms with Gasteiger partial charge in [0.05, 0.1) is 0 Å². The van der Waals surface area contributed by atoms with Crippen molar-refractivity contribution >= 4 is 0 Å². The van der Waals surface area contributed by atoms with Gasteiger partial charge in [-0.15, -0.1) is 0 Å². The lowest BCUT2D eigenvalue weighted by atomic mass is 10.2. The molecule has 2 aromatic carbocycles. The third kappa shape index (κ3) is 2.97. The van der Waals surface area contributed by atoms with Gasteiger partial charge in [0.1, 0.15) is 23.9 Å². The summed E-state index contributed by atoms with van der Waals surface area (Å²) in [5.41, 5.74) is 1.82. The van der Waals surface area contributed by atoms with Crippen LogP contribution in [0.3, 0.4) is 0 Å². The highest BCUT2D eigenvalue weighted by Gasteiger charge is 2.02. The van der Waals surface area contributed by atoms with Crippen LogP contribution in [-0.2, 0) is 6.61 Å². The second kappa shape index (κ2) is 4.87. The van der Waals surface area contributed by atoms with Crippen LogP contribution in [0.4, 0.5) is 4.39 Å². The van der Waals surface area contributed by atoms with Gasteiger partial charge in [-0.1, -0.05) is 18.2 Å². The van der Waals surface area contributed by atoms with Crippen LogP contribution in [0.15, 0.2) is 42.5 Å². The van der Waals surface area contributed by atoms with Gasteiger partial charge in [-0.05, 0) is 36.2 Å². The standard InChI is InChI=1S/C14H13FO2/c1-10-2-5-12(15)8-14(10)17-9-11-3-6-13(16)7-4-11/h2-8,16H,9H2,1H3. The predicted octanol–water partition coefficient (Wildman–Crippen LogP) is 3.42. The average Bonchev–Trinajstić information content (AvgIpc) is 2.32. The Bertz CT molecular complexity index is 506. The van der Waals surface area contributed by atoms with Crippen LogP contribution in [0.5, 0.6) is 11.5 Å².